The Balaban J connectivity index is 1.23. The third-order valence-corrected chi connectivity index (χ3v) is 6.02. The van der Waals surface area contributed by atoms with Gasteiger partial charge in [0.25, 0.3) is 0 Å². The lowest BCUT2D eigenvalue weighted by Gasteiger charge is -2.20. The first-order valence-electron chi connectivity index (χ1n) is 10.3. The molecule has 29 heavy (non-hydrogen) atoms. The highest BCUT2D eigenvalue weighted by Crippen LogP contribution is 2.36. The Morgan fingerprint density at radius 2 is 2.10 bits per heavy atom. The van der Waals surface area contributed by atoms with Gasteiger partial charge in [0.1, 0.15) is 0 Å². The summed E-state index contributed by atoms with van der Waals surface area (Å²) in [6.45, 7) is 1.85. The Hall–Kier alpha value is -3.05. The minimum Gasteiger partial charge on any atom is -0.390 e. The molecule has 3 heterocycles. The van der Waals surface area contributed by atoms with Crippen LogP contribution in [-0.4, -0.2) is 29.2 Å². The monoisotopic (exact) mass is 386 g/mol. The SMILES string of the molecule is OCc1cc(N2CCc3cc(NCCC4=CNC5C=CC=CC45)ccc32)ccn1. The lowest BCUT2D eigenvalue weighted by molar-refractivity contribution is 0.277. The Bertz CT molecular complexity index is 994. The molecular formula is C24H26N4O. The van der Waals surface area contributed by atoms with Crippen molar-refractivity contribution in [2.24, 2.45) is 5.92 Å². The molecule has 0 amide bonds. The summed E-state index contributed by atoms with van der Waals surface area (Å²) < 4.78 is 0. The zero-order chi connectivity index (χ0) is 19.6. The van der Waals surface area contributed by atoms with E-state index in [9.17, 15) is 5.11 Å². The van der Waals surface area contributed by atoms with Crippen molar-refractivity contribution in [3.8, 4) is 0 Å². The smallest absolute Gasteiger partial charge is 0.0853 e. The number of aromatic nitrogens is 1. The third-order valence-electron chi connectivity index (χ3n) is 6.02. The molecule has 3 N–H and O–H groups in total. The Morgan fingerprint density at radius 3 is 3.03 bits per heavy atom. The number of allylic oxidation sites excluding steroid dienone is 2. The second-order valence-electron chi connectivity index (χ2n) is 7.79. The molecule has 0 saturated heterocycles. The molecule has 0 saturated carbocycles. The van der Waals surface area contributed by atoms with Crippen LogP contribution in [0.3, 0.4) is 0 Å². The minimum atomic E-state index is -0.0307. The third kappa shape index (κ3) is 3.54. The first kappa shape index (κ1) is 18.0. The summed E-state index contributed by atoms with van der Waals surface area (Å²) in [6, 6.07) is 11.0. The Morgan fingerprint density at radius 1 is 1.17 bits per heavy atom. The van der Waals surface area contributed by atoms with Crippen molar-refractivity contribution in [3.63, 3.8) is 0 Å². The van der Waals surface area contributed by atoms with E-state index < -0.39 is 0 Å². The molecule has 5 nitrogen and oxygen atoms in total. The molecule has 2 aromatic rings. The Labute approximate surface area is 171 Å². The van der Waals surface area contributed by atoms with E-state index in [0.717, 1.165) is 31.6 Å². The molecule has 5 rings (SSSR count). The zero-order valence-electron chi connectivity index (χ0n) is 16.4. The van der Waals surface area contributed by atoms with Crippen molar-refractivity contribution in [2.45, 2.75) is 25.5 Å². The number of aliphatic hydroxyl groups is 1. The van der Waals surface area contributed by atoms with Crippen LogP contribution in [0.5, 0.6) is 0 Å². The van der Waals surface area contributed by atoms with Crippen LogP contribution in [0.25, 0.3) is 0 Å². The van der Waals surface area contributed by atoms with Crippen LogP contribution in [0.15, 0.2) is 72.6 Å². The van der Waals surface area contributed by atoms with Crippen molar-refractivity contribution in [1.82, 2.24) is 10.3 Å². The summed E-state index contributed by atoms with van der Waals surface area (Å²) in [5.74, 6) is 0.500. The number of pyridine rings is 1. The molecule has 0 spiro atoms. The molecule has 148 valence electrons. The number of benzene rings is 1. The average molecular weight is 386 g/mol. The Kier molecular flexibility index (Phi) is 4.82. The van der Waals surface area contributed by atoms with E-state index in [1.54, 1.807) is 6.20 Å². The molecule has 2 unspecified atom stereocenters. The molecule has 5 heteroatoms. The fourth-order valence-corrected chi connectivity index (χ4v) is 4.51. The lowest BCUT2D eigenvalue weighted by atomic mass is 9.90. The molecular weight excluding hydrogens is 360 g/mol. The average Bonchev–Trinajstić information content (AvgIpc) is 3.38. The minimum absolute atomic E-state index is 0.0307. The van der Waals surface area contributed by atoms with Gasteiger partial charge in [0.2, 0.25) is 0 Å². The zero-order valence-corrected chi connectivity index (χ0v) is 16.4. The van der Waals surface area contributed by atoms with E-state index in [1.165, 1.54) is 22.5 Å². The van der Waals surface area contributed by atoms with E-state index >= 15 is 0 Å². The number of rotatable bonds is 6. The second kappa shape index (κ2) is 7.76. The number of hydrogen-bond acceptors (Lipinski definition) is 5. The maximum atomic E-state index is 9.36. The van der Waals surface area contributed by atoms with Crippen LogP contribution in [0.2, 0.25) is 0 Å². The van der Waals surface area contributed by atoms with E-state index in [-0.39, 0.29) is 6.61 Å². The van der Waals surface area contributed by atoms with Gasteiger partial charge in [-0.2, -0.15) is 0 Å². The molecule has 1 aromatic carbocycles. The fourth-order valence-electron chi connectivity index (χ4n) is 4.51. The largest absolute Gasteiger partial charge is 0.390 e. The quantitative estimate of drug-likeness (QED) is 0.707. The second-order valence-corrected chi connectivity index (χ2v) is 7.79. The topological polar surface area (TPSA) is 60.4 Å². The van der Waals surface area contributed by atoms with Crippen molar-refractivity contribution in [1.29, 1.82) is 0 Å². The molecule has 1 aromatic heterocycles. The first-order valence-corrected chi connectivity index (χ1v) is 10.3. The summed E-state index contributed by atoms with van der Waals surface area (Å²) in [5.41, 5.74) is 7.05. The van der Waals surface area contributed by atoms with Crippen LogP contribution in [-0.2, 0) is 13.0 Å². The highest BCUT2D eigenvalue weighted by Gasteiger charge is 2.26. The predicted molar refractivity (Wildman–Crippen MR) is 117 cm³/mol. The van der Waals surface area contributed by atoms with Crippen LogP contribution in [0.1, 0.15) is 17.7 Å². The van der Waals surface area contributed by atoms with Crippen LogP contribution >= 0.6 is 0 Å². The summed E-state index contributed by atoms with van der Waals surface area (Å²) in [4.78, 5) is 6.49. The van der Waals surface area contributed by atoms with Gasteiger partial charge in [-0.15, -0.1) is 0 Å². The first-order chi connectivity index (χ1) is 14.3. The van der Waals surface area contributed by atoms with Crippen molar-refractivity contribution in [2.75, 3.05) is 23.3 Å². The molecule has 0 bridgehead atoms. The highest BCUT2D eigenvalue weighted by atomic mass is 16.3. The van der Waals surface area contributed by atoms with Crippen molar-refractivity contribution in [3.05, 3.63) is 83.9 Å². The van der Waals surface area contributed by atoms with Crippen molar-refractivity contribution < 1.29 is 5.11 Å². The van der Waals surface area contributed by atoms with Gasteiger partial charge in [0.15, 0.2) is 0 Å². The highest BCUT2D eigenvalue weighted by molar-refractivity contribution is 5.72. The molecule has 0 fully saturated rings. The number of nitrogens with zero attached hydrogens (tertiary/aromatic N) is 2. The number of hydrogen-bond donors (Lipinski definition) is 3. The van der Waals surface area contributed by atoms with Crippen LogP contribution < -0.4 is 15.5 Å². The van der Waals surface area contributed by atoms with Gasteiger partial charge >= 0.3 is 0 Å². The maximum absolute atomic E-state index is 9.36. The normalized spacial score (nSPS) is 21.6. The molecule has 2 atom stereocenters. The maximum Gasteiger partial charge on any atom is 0.0853 e. The summed E-state index contributed by atoms with van der Waals surface area (Å²) >= 11 is 0. The molecule has 1 aliphatic carbocycles. The molecule has 2 aliphatic heterocycles. The van der Waals surface area contributed by atoms with Gasteiger partial charge in [0, 0.05) is 42.3 Å². The van der Waals surface area contributed by atoms with Crippen LogP contribution in [0.4, 0.5) is 17.1 Å². The number of aliphatic hydroxyl groups excluding tert-OH is 1. The number of fused-ring (bicyclic) bond motifs is 2. The number of anilines is 3. The van der Waals surface area contributed by atoms with Crippen LogP contribution in [0, 0.1) is 5.92 Å². The van der Waals surface area contributed by atoms with Gasteiger partial charge in [-0.1, -0.05) is 24.3 Å². The van der Waals surface area contributed by atoms with Gasteiger partial charge in [0.05, 0.1) is 18.3 Å². The standard InChI is InChI=1S/C24H26N4O/c29-16-20-14-21(8-11-26-20)28-12-9-17-13-19(5-6-24(17)28)25-10-7-18-15-27-23-4-2-1-3-22(18)23/h1-6,8,11,13-15,22-23,25,27,29H,7,9-10,12,16H2. The van der Waals surface area contributed by atoms with E-state index in [0.29, 0.717) is 17.7 Å². The molecule has 3 aliphatic rings. The lowest BCUT2D eigenvalue weighted by Crippen LogP contribution is -2.25. The predicted octanol–water partition coefficient (Wildman–Crippen LogP) is 3.67. The van der Waals surface area contributed by atoms with E-state index in [4.69, 9.17) is 0 Å². The summed E-state index contributed by atoms with van der Waals surface area (Å²) in [5, 5.41) is 16.4. The van der Waals surface area contributed by atoms with E-state index in [2.05, 4.69) is 69.2 Å². The van der Waals surface area contributed by atoms with Crippen molar-refractivity contribution >= 4 is 17.1 Å². The van der Waals surface area contributed by atoms with Gasteiger partial charge < -0.3 is 20.6 Å². The van der Waals surface area contributed by atoms with E-state index in [1.807, 2.05) is 12.1 Å². The summed E-state index contributed by atoms with van der Waals surface area (Å²) in [6.07, 6.45) is 14.8. The van der Waals surface area contributed by atoms with Gasteiger partial charge in [-0.05, 0) is 60.5 Å². The molecule has 0 radical (unpaired) electrons. The fraction of sp³-hybridized carbons (Fsp3) is 0.292. The summed E-state index contributed by atoms with van der Waals surface area (Å²) in [7, 11) is 0. The van der Waals surface area contributed by atoms with Gasteiger partial charge in [-0.3, -0.25) is 4.98 Å². The van der Waals surface area contributed by atoms with Gasteiger partial charge in [-0.25, -0.2) is 0 Å². The number of nitrogens with one attached hydrogen (secondary N) is 2.